The van der Waals surface area contributed by atoms with E-state index in [0.29, 0.717) is 11.4 Å². The summed E-state index contributed by atoms with van der Waals surface area (Å²) in [5.74, 6) is -1.03. The third-order valence-corrected chi connectivity index (χ3v) is 4.89. The van der Waals surface area contributed by atoms with E-state index in [1.165, 1.54) is 31.2 Å². The molecule has 0 aliphatic heterocycles. The van der Waals surface area contributed by atoms with E-state index in [9.17, 15) is 18.0 Å². The number of carbonyl (C=O) groups is 2. The SMILES string of the molecule is CC(=O)Nc1ccc(S(=O)(=O)N(CC(N)=O)c2ccccc2)cc1. The zero-order chi connectivity index (χ0) is 17.7. The van der Waals surface area contributed by atoms with E-state index in [-0.39, 0.29) is 10.8 Å². The van der Waals surface area contributed by atoms with Gasteiger partial charge in [0.1, 0.15) is 6.54 Å². The Morgan fingerprint density at radius 2 is 1.62 bits per heavy atom. The van der Waals surface area contributed by atoms with Crippen LogP contribution >= 0.6 is 0 Å². The van der Waals surface area contributed by atoms with Gasteiger partial charge < -0.3 is 11.1 Å². The molecule has 0 unspecified atom stereocenters. The highest BCUT2D eigenvalue weighted by atomic mass is 32.2. The maximum absolute atomic E-state index is 12.8. The van der Waals surface area contributed by atoms with Crippen molar-refractivity contribution in [3.63, 3.8) is 0 Å². The molecule has 0 bridgehead atoms. The fraction of sp³-hybridized carbons (Fsp3) is 0.125. The molecule has 24 heavy (non-hydrogen) atoms. The highest BCUT2D eigenvalue weighted by Gasteiger charge is 2.26. The van der Waals surface area contributed by atoms with Crippen LogP contribution in [0.25, 0.3) is 0 Å². The van der Waals surface area contributed by atoms with E-state index in [2.05, 4.69) is 5.32 Å². The molecule has 0 aliphatic rings. The number of nitrogens with one attached hydrogen (secondary N) is 1. The van der Waals surface area contributed by atoms with E-state index >= 15 is 0 Å². The second-order valence-corrected chi connectivity index (χ2v) is 6.88. The number of benzene rings is 2. The van der Waals surface area contributed by atoms with Gasteiger partial charge in [-0.2, -0.15) is 0 Å². The molecular formula is C16H17N3O4S. The van der Waals surface area contributed by atoms with Gasteiger partial charge in [0.25, 0.3) is 10.0 Å². The molecule has 0 saturated carbocycles. The number of nitrogens with zero attached hydrogens (tertiary/aromatic N) is 1. The molecule has 0 heterocycles. The second kappa shape index (κ2) is 7.14. The van der Waals surface area contributed by atoms with E-state index in [1.54, 1.807) is 30.3 Å². The van der Waals surface area contributed by atoms with Crippen LogP contribution in [0.15, 0.2) is 59.5 Å². The molecule has 126 valence electrons. The van der Waals surface area contributed by atoms with Crippen molar-refractivity contribution in [2.75, 3.05) is 16.2 Å². The van der Waals surface area contributed by atoms with Crippen LogP contribution in [0.5, 0.6) is 0 Å². The molecule has 0 aromatic heterocycles. The van der Waals surface area contributed by atoms with Crippen molar-refractivity contribution in [3.05, 3.63) is 54.6 Å². The Balaban J connectivity index is 2.40. The van der Waals surface area contributed by atoms with Crippen LogP contribution in [0.2, 0.25) is 0 Å². The molecule has 2 amide bonds. The maximum atomic E-state index is 12.8. The largest absolute Gasteiger partial charge is 0.368 e. The molecule has 0 spiro atoms. The van der Waals surface area contributed by atoms with Crippen LogP contribution < -0.4 is 15.4 Å². The standard InChI is InChI=1S/C16H17N3O4S/c1-12(20)18-13-7-9-15(10-8-13)24(22,23)19(11-16(17)21)14-5-3-2-4-6-14/h2-10H,11H2,1H3,(H2,17,21)(H,18,20). The van der Waals surface area contributed by atoms with Crippen LogP contribution in [-0.4, -0.2) is 26.8 Å². The van der Waals surface area contributed by atoms with Crippen molar-refractivity contribution < 1.29 is 18.0 Å². The minimum absolute atomic E-state index is 0.0123. The Labute approximate surface area is 140 Å². The quantitative estimate of drug-likeness (QED) is 0.821. The predicted molar refractivity (Wildman–Crippen MR) is 90.9 cm³/mol. The number of rotatable bonds is 6. The molecular weight excluding hydrogens is 330 g/mol. The lowest BCUT2D eigenvalue weighted by atomic mass is 10.3. The van der Waals surface area contributed by atoms with Gasteiger partial charge in [0.05, 0.1) is 10.6 Å². The van der Waals surface area contributed by atoms with Crippen molar-refractivity contribution in [2.24, 2.45) is 5.73 Å². The van der Waals surface area contributed by atoms with E-state index < -0.39 is 22.5 Å². The average Bonchev–Trinajstić information content (AvgIpc) is 2.53. The van der Waals surface area contributed by atoms with Gasteiger partial charge >= 0.3 is 0 Å². The Morgan fingerprint density at radius 1 is 1.04 bits per heavy atom. The van der Waals surface area contributed by atoms with Gasteiger partial charge in [-0.3, -0.25) is 13.9 Å². The van der Waals surface area contributed by atoms with Crippen molar-refractivity contribution in [1.29, 1.82) is 0 Å². The molecule has 0 saturated heterocycles. The summed E-state index contributed by atoms with van der Waals surface area (Å²) in [5.41, 5.74) is 6.00. The number of amides is 2. The number of primary amides is 1. The smallest absolute Gasteiger partial charge is 0.264 e. The molecule has 0 atom stereocenters. The van der Waals surface area contributed by atoms with E-state index in [4.69, 9.17) is 5.73 Å². The van der Waals surface area contributed by atoms with Crippen LogP contribution in [0.1, 0.15) is 6.92 Å². The lowest BCUT2D eigenvalue weighted by Gasteiger charge is -2.23. The molecule has 2 aromatic rings. The van der Waals surface area contributed by atoms with Gasteiger partial charge in [-0.25, -0.2) is 8.42 Å². The lowest BCUT2D eigenvalue weighted by Crippen LogP contribution is -2.38. The minimum atomic E-state index is -3.97. The Morgan fingerprint density at radius 3 is 2.12 bits per heavy atom. The molecule has 2 rings (SSSR count). The van der Waals surface area contributed by atoms with E-state index in [1.807, 2.05) is 0 Å². The van der Waals surface area contributed by atoms with Gasteiger partial charge in [-0.1, -0.05) is 18.2 Å². The zero-order valence-electron chi connectivity index (χ0n) is 13.0. The molecule has 2 aromatic carbocycles. The third kappa shape index (κ3) is 4.11. The Kier molecular flexibility index (Phi) is 5.20. The number of anilines is 2. The van der Waals surface area contributed by atoms with Crippen molar-refractivity contribution in [3.8, 4) is 0 Å². The minimum Gasteiger partial charge on any atom is -0.368 e. The van der Waals surface area contributed by atoms with Crippen molar-refractivity contribution in [1.82, 2.24) is 0 Å². The first kappa shape index (κ1) is 17.5. The highest BCUT2D eigenvalue weighted by Crippen LogP contribution is 2.24. The number of sulfonamides is 1. The van der Waals surface area contributed by atoms with Gasteiger partial charge in [-0.15, -0.1) is 0 Å². The summed E-state index contributed by atoms with van der Waals surface area (Å²) >= 11 is 0. The summed E-state index contributed by atoms with van der Waals surface area (Å²) in [6, 6.07) is 13.9. The Bertz CT molecular complexity index is 833. The van der Waals surface area contributed by atoms with Crippen molar-refractivity contribution >= 4 is 33.2 Å². The normalized spacial score (nSPS) is 10.9. The lowest BCUT2D eigenvalue weighted by molar-refractivity contribution is -0.116. The fourth-order valence-electron chi connectivity index (χ4n) is 2.09. The topological polar surface area (TPSA) is 110 Å². The van der Waals surface area contributed by atoms with Crippen LogP contribution in [0.3, 0.4) is 0 Å². The summed E-state index contributed by atoms with van der Waals surface area (Å²) in [7, 11) is -3.97. The third-order valence-electron chi connectivity index (χ3n) is 3.11. The first-order valence-electron chi connectivity index (χ1n) is 7.04. The molecule has 3 N–H and O–H groups in total. The van der Waals surface area contributed by atoms with Gasteiger partial charge in [0.2, 0.25) is 11.8 Å². The van der Waals surface area contributed by atoms with Gasteiger partial charge in [0, 0.05) is 12.6 Å². The summed E-state index contributed by atoms with van der Waals surface area (Å²) in [6.45, 7) is 0.883. The predicted octanol–water partition coefficient (Wildman–Crippen LogP) is 1.33. The van der Waals surface area contributed by atoms with Crippen LogP contribution in [0.4, 0.5) is 11.4 Å². The molecule has 8 heteroatoms. The summed E-state index contributed by atoms with van der Waals surface area (Å²) in [6.07, 6.45) is 0. The summed E-state index contributed by atoms with van der Waals surface area (Å²) in [4.78, 5) is 22.3. The highest BCUT2D eigenvalue weighted by molar-refractivity contribution is 7.92. The molecule has 7 nitrogen and oxygen atoms in total. The monoisotopic (exact) mass is 347 g/mol. The van der Waals surface area contributed by atoms with Crippen LogP contribution in [-0.2, 0) is 19.6 Å². The first-order chi connectivity index (χ1) is 11.3. The summed E-state index contributed by atoms with van der Waals surface area (Å²) < 4.78 is 26.6. The van der Waals surface area contributed by atoms with Gasteiger partial charge in [-0.05, 0) is 36.4 Å². The number of para-hydroxylation sites is 1. The number of hydrogen-bond acceptors (Lipinski definition) is 4. The van der Waals surface area contributed by atoms with Crippen molar-refractivity contribution in [2.45, 2.75) is 11.8 Å². The number of carbonyl (C=O) groups excluding carboxylic acids is 2. The first-order valence-corrected chi connectivity index (χ1v) is 8.48. The number of nitrogens with two attached hydrogens (primary N) is 1. The summed E-state index contributed by atoms with van der Waals surface area (Å²) in [5, 5.41) is 2.56. The average molecular weight is 347 g/mol. The molecule has 0 radical (unpaired) electrons. The number of hydrogen-bond donors (Lipinski definition) is 2. The fourth-order valence-corrected chi connectivity index (χ4v) is 3.52. The Hall–Kier alpha value is -2.87. The molecule has 0 fully saturated rings. The maximum Gasteiger partial charge on any atom is 0.264 e. The molecule has 0 aliphatic carbocycles. The second-order valence-electron chi connectivity index (χ2n) is 5.02. The van der Waals surface area contributed by atoms with Crippen LogP contribution in [0, 0.1) is 0 Å². The van der Waals surface area contributed by atoms with Gasteiger partial charge in [0.15, 0.2) is 0 Å². The zero-order valence-corrected chi connectivity index (χ0v) is 13.8. The van der Waals surface area contributed by atoms with E-state index in [0.717, 1.165) is 4.31 Å².